The minimum atomic E-state index is -0.345. The third kappa shape index (κ3) is 4.65. The lowest BCUT2D eigenvalue weighted by atomic mass is 10.1. The molecule has 0 bridgehead atoms. The van der Waals surface area contributed by atoms with Crippen molar-refractivity contribution in [1.82, 2.24) is 9.88 Å². The smallest absolute Gasteiger partial charge is 0.337 e. The topological polar surface area (TPSA) is 62.7 Å². The Bertz CT molecular complexity index is 602. The second-order valence-corrected chi connectivity index (χ2v) is 4.99. The number of hydrogen-bond acceptors (Lipinski definition) is 5. The zero-order valence-electron chi connectivity index (χ0n) is 12.6. The highest BCUT2D eigenvalue weighted by Gasteiger charge is 2.10. The van der Waals surface area contributed by atoms with Gasteiger partial charge in [0.1, 0.15) is 0 Å². The standard InChI is InChI=1S/C17H20N2O3/c1-22-17(21)16-6-2-4-14(10-16)12-19(8-9-20)13-15-5-3-7-18-11-15/h2-7,10-11,20H,8-9,12-13H2,1H3. The van der Waals surface area contributed by atoms with Gasteiger partial charge in [-0.1, -0.05) is 18.2 Å². The van der Waals surface area contributed by atoms with Gasteiger partial charge in [0, 0.05) is 32.0 Å². The largest absolute Gasteiger partial charge is 0.465 e. The highest BCUT2D eigenvalue weighted by molar-refractivity contribution is 5.89. The normalized spacial score (nSPS) is 10.7. The zero-order valence-corrected chi connectivity index (χ0v) is 12.6. The fourth-order valence-corrected chi connectivity index (χ4v) is 2.28. The van der Waals surface area contributed by atoms with Gasteiger partial charge in [-0.3, -0.25) is 9.88 Å². The minimum Gasteiger partial charge on any atom is -0.465 e. The first-order chi connectivity index (χ1) is 10.7. The van der Waals surface area contributed by atoms with E-state index < -0.39 is 0 Å². The molecule has 0 atom stereocenters. The van der Waals surface area contributed by atoms with Crippen molar-refractivity contribution in [2.45, 2.75) is 13.1 Å². The van der Waals surface area contributed by atoms with Crippen LogP contribution >= 0.6 is 0 Å². The molecule has 1 N–H and O–H groups in total. The average molecular weight is 300 g/mol. The number of pyridine rings is 1. The summed E-state index contributed by atoms with van der Waals surface area (Å²) in [5.41, 5.74) is 2.62. The summed E-state index contributed by atoms with van der Waals surface area (Å²) in [6, 6.07) is 11.2. The SMILES string of the molecule is COC(=O)c1cccc(CN(CCO)Cc2cccnc2)c1. The molecule has 0 fully saturated rings. The Morgan fingerprint density at radius 1 is 1.23 bits per heavy atom. The Labute approximate surface area is 130 Å². The number of benzene rings is 1. The maximum absolute atomic E-state index is 11.6. The molecule has 1 aromatic heterocycles. The highest BCUT2D eigenvalue weighted by Crippen LogP contribution is 2.12. The number of rotatable bonds is 7. The van der Waals surface area contributed by atoms with E-state index >= 15 is 0 Å². The molecule has 0 aliphatic carbocycles. The molecular weight excluding hydrogens is 280 g/mol. The monoisotopic (exact) mass is 300 g/mol. The second-order valence-electron chi connectivity index (χ2n) is 4.99. The molecule has 5 nitrogen and oxygen atoms in total. The minimum absolute atomic E-state index is 0.0803. The van der Waals surface area contributed by atoms with Gasteiger partial charge in [-0.15, -0.1) is 0 Å². The Balaban J connectivity index is 2.09. The van der Waals surface area contributed by atoms with Gasteiger partial charge in [0.2, 0.25) is 0 Å². The van der Waals surface area contributed by atoms with Crippen molar-refractivity contribution in [2.24, 2.45) is 0 Å². The van der Waals surface area contributed by atoms with E-state index in [0.717, 1.165) is 11.1 Å². The molecule has 1 heterocycles. The van der Waals surface area contributed by atoms with Crippen LogP contribution in [0.4, 0.5) is 0 Å². The second kappa shape index (κ2) is 8.26. The van der Waals surface area contributed by atoms with Crippen LogP contribution in [0.15, 0.2) is 48.8 Å². The molecule has 2 rings (SSSR count). The summed E-state index contributed by atoms with van der Waals surface area (Å²) in [7, 11) is 1.37. The Kier molecular flexibility index (Phi) is 6.06. The number of esters is 1. The van der Waals surface area contributed by atoms with Crippen molar-refractivity contribution in [3.8, 4) is 0 Å². The summed E-state index contributed by atoms with van der Waals surface area (Å²) in [5.74, 6) is -0.345. The predicted octanol–water partition coefficient (Wildman–Crippen LogP) is 1.86. The average Bonchev–Trinajstić information content (AvgIpc) is 2.55. The molecule has 0 aliphatic rings. The third-order valence-corrected chi connectivity index (χ3v) is 3.30. The van der Waals surface area contributed by atoms with E-state index in [1.165, 1.54) is 7.11 Å². The van der Waals surface area contributed by atoms with Crippen LogP contribution < -0.4 is 0 Å². The van der Waals surface area contributed by atoms with E-state index in [-0.39, 0.29) is 12.6 Å². The first-order valence-electron chi connectivity index (χ1n) is 7.12. The molecule has 0 radical (unpaired) electrons. The quantitative estimate of drug-likeness (QED) is 0.791. The first kappa shape index (κ1) is 16.1. The summed E-state index contributed by atoms with van der Waals surface area (Å²) in [6.07, 6.45) is 3.55. The number of hydrogen-bond donors (Lipinski definition) is 1. The van der Waals surface area contributed by atoms with Crippen LogP contribution in [-0.2, 0) is 17.8 Å². The zero-order chi connectivity index (χ0) is 15.8. The van der Waals surface area contributed by atoms with E-state index in [1.54, 1.807) is 12.3 Å². The lowest BCUT2D eigenvalue weighted by molar-refractivity contribution is 0.0600. The summed E-state index contributed by atoms with van der Waals surface area (Å²) in [6.45, 7) is 1.96. The first-order valence-corrected chi connectivity index (χ1v) is 7.12. The molecule has 1 aromatic carbocycles. The van der Waals surface area contributed by atoms with E-state index in [0.29, 0.717) is 25.2 Å². The molecule has 116 valence electrons. The van der Waals surface area contributed by atoms with E-state index in [9.17, 15) is 9.90 Å². The fraction of sp³-hybridized carbons (Fsp3) is 0.294. The molecule has 5 heteroatoms. The van der Waals surface area contributed by atoms with Gasteiger partial charge in [0.25, 0.3) is 0 Å². The Morgan fingerprint density at radius 2 is 2.00 bits per heavy atom. The number of ether oxygens (including phenoxy) is 1. The van der Waals surface area contributed by atoms with Crippen molar-refractivity contribution >= 4 is 5.97 Å². The van der Waals surface area contributed by atoms with E-state index in [1.807, 2.05) is 36.5 Å². The molecule has 0 saturated heterocycles. The van der Waals surface area contributed by atoms with Crippen LogP contribution in [0.3, 0.4) is 0 Å². The van der Waals surface area contributed by atoms with Crippen molar-refractivity contribution in [3.05, 3.63) is 65.5 Å². The van der Waals surface area contributed by atoms with Gasteiger partial charge < -0.3 is 9.84 Å². The molecule has 0 spiro atoms. The van der Waals surface area contributed by atoms with E-state index in [2.05, 4.69) is 9.88 Å². The van der Waals surface area contributed by atoms with Crippen LogP contribution in [0.1, 0.15) is 21.5 Å². The Hall–Kier alpha value is -2.24. The Morgan fingerprint density at radius 3 is 2.68 bits per heavy atom. The van der Waals surface area contributed by atoms with Gasteiger partial charge in [-0.25, -0.2) is 4.79 Å². The van der Waals surface area contributed by atoms with Crippen LogP contribution in [-0.4, -0.2) is 41.2 Å². The molecule has 0 amide bonds. The molecular formula is C17H20N2O3. The molecule has 0 unspecified atom stereocenters. The van der Waals surface area contributed by atoms with Crippen molar-refractivity contribution in [2.75, 3.05) is 20.3 Å². The summed E-state index contributed by atoms with van der Waals surface area (Å²) >= 11 is 0. The van der Waals surface area contributed by atoms with Gasteiger partial charge in [0.15, 0.2) is 0 Å². The predicted molar refractivity (Wildman–Crippen MR) is 83.2 cm³/mol. The number of nitrogens with zero attached hydrogens (tertiary/aromatic N) is 2. The lowest BCUT2D eigenvalue weighted by Crippen LogP contribution is -2.26. The summed E-state index contributed by atoms with van der Waals surface area (Å²) < 4.78 is 4.74. The van der Waals surface area contributed by atoms with Gasteiger partial charge >= 0.3 is 5.97 Å². The molecule has 2 aromatic rings. The molecule has 0 saturated carbocycles. The van der Waals surface area contributed by atoms with Gasteiger partial charge in [-0.05, 0) is 29.3 Å². The van der Waals surface area contributed by atoms with Crippen molar-refractivity contribution in [3.63, 3.8) is 0 Å². The molecule has 22 heavy (non-hydrogen) atoms. The molecule has 0 aliphatic heterocycles. The fourth-order valence-electron chi connectivity index (χ4n) is 2.28. The number of aliphatic hydroxyl groups is 1. The number of aliphatic hydroxyl groups excluding tert-OH is 1. The number of methoxy groups -OCH3 is 1. The van der Waals surface area contributed by atoms with Crippen LogP contribution in [0, 0.1) is 0 Å². The van der Waals surface area contributed by atoms with Crippen LogP contribution in [0.25, 0.3) is 0 Å². The van der Waals surface area contributed by atoms with Crippen LogP contribution in [0.2, 0.25) is 0 Å². The van der Waals surface area contributed by atoms with Gasteiger partial charge in [-0.2, -0.15) is 0 Å². The third-order valence-electron chi connectivity index (χ3n) is 3.30. The van der Waals surface area contributed by atoms with Gasteiger partial charge in [0.05, 0.1) is 19.3 Å². The number of carbonyl (C=O) groups excluding carboxylic acids is 1. The summed E-state index contributed by atoms with van der Waals surface area (Å²) in [4.78, 5) is 17.8. The lowest BCUT2D eigenvalue weighted by Gasteiger charge is -2.21. The number of aromatic nitrogens is 1. The van der Waals surface area contributed by atoms with Crippen molar-refractivity contribution < 1.29 is 14.6 Å². The van der Waals surface area contributed by atoms with Crippen LogP contribution in [0.5, 0.6) is 0 Å². The number of carbonyl (C=O) groups is 1. The van der Waals surface area contributed by atoms with Crippen molar-refractivity contribution in [1.29, 1.82) is 0 Å². The summed E-state index contributed by atoms with van der Waals surface area (Å²) in [5, 5.41) is 9.24. The maximum Gasteiger partial charge on any atom is 0.337 e. The van der Waals surface area contributed by atoms with E-state index in [4.69, 9.17) is 4.74 Å². The maximum atomic E-state index is 11.6. The highest BCUT2D eigenvalue weighted by atomic mass is 16.5.